The summed E-state index contributed by atoms with van der Waals surface area (Å²) in [6.45, 7) is 5.88. The molecule has 0 spiro atoms. The minimum atomic E-state index is -1.18. The SMILES string of the molecule is Cc1cc(C(C)(O)CNC(=O)NCCc2cnn(C)c2)c(C)o1. The summed E-state index contributed by atoms with van der Waals surface area (Å²) in [6.07, 6.45) is 4.39. The van der Waals surface area contributed by atoms with Crippen molar-refractivity contribution in [1.82, 2.24) is 20.4 Å². The fourth-order valence-electron chi connectivity index (χ4n) is 2.50. The van der Waals surface area contributed by atoms with Crippen molar-refractivity contribution in [3.8, 4) is 0 Å². The van der Waals surface area contributed by atoms with Gasteiger partial charge in [0, 0.05) is 25.4 Å². The Labute approximate surface area is 135 Å². The van der Waals surface area contributed by atoms with Gasteiger partial charge in [0.2, 0.25) is 0 Å². The molecule has 126 valence electrons. The molecule has 7 heteroatoms. The van der Waals surface area contributed by atoms with Crippen LogP contribution in [0.15, 0.2) is 22.9 Å². The van der Waals surface area contributed by atoms with Crippen LogP contribution >= 0.6 is 0 Å². The lowest BCUT2D eigenvalue weighted by Gasteiger charge is -2.23. The third kappa shape index (κ3) is 4.59. The van der Waals surface area contributed by atoms with Gasteiger partial charge in [-0.15, -0.1) is 0 Å². The smallest absolute Gasteiger partial charge is 0.314 e. The first kappa shape index (κ1) is 17.1. The van der Waals surface area contributed by atoms with Crippen LogP contribution in [0.5, 0.6) is 0 Å². The molecular formula is C16H24N4O3. The van der Waals surface area contributed by atoms with Gasteiger partial charge in [-0.3, -0.25) is 4.68 Å². The number of nitrogens with zero attached hydrogens (tertiary/aromatic N) is 2. The molecule has 0 aromatic carbocycles. The van der Waals surface area contributed by atoms with Gasteiger partial charge >= 0.3 is 6.03 Å². The van der Waals surface area contributed by atoms with E-state index in [-0.39, 0.29) is 12.6 Å². The summed E-state index contributed by atoms with van der Waals surface area (Å²) >= 11 is 0. The first-order valence-electron chi connectivity index (χ1n) is 7.57. The van der Waals surface area contributed by atoms with E-state index in [2.05, 4.69) is 15.7 Å². The number of rotatable bonds is 6. The van der Waals surface area contributed by atoms with Crippen molar-refractivity contribution in [2.75, 3.05) is 13.1 Å². The average Bonchev–Trinajstić information content (AvgIpc) is 3.02. The van der Waals surface area contributed by atoms with E-state index in [1.165, 1.54) is 0 Å². The summed E-state index contributed by atoms with van der Waals surface area (Å²) < 4.78 is 7.15. The molecule has 0 saturated heterocycles. The first-order valence-corrected chi connectivity index (χ1v) is 7.57. The third-order valence-corrected chi connectivity index (χ3v) is 3.67. The Balaban J connectivity index is 1.78. The second-order valence-corrected chi connectivity index (χ2v) is 5.98. The molecule has 2 aromatic rings. The number of carbonyl (C=O) groups is 1. The van der Waals surface area contributed by atoms with E-state index in [1.807, 2.05) is 20.2 Å². The van der Waals surface area contributed by atoms with Crippen LogP contribution in [0, 0.1) is 13.8 Å². The maximum Gasteiger partial charge on any atom is 0.314 e. The average molecular weight is 320 g/mol. The standard InChI is InChI=1S/C16H24N4O3/c1-11-7-14(12(2)23-11)16(3,22)10-18-15(21)17-6-5-13-8-19-20(4)9-13/h7-9,22H,5-6,10H2,1-4H3,(H2,17,18,21). The number of carbonyl (C=O) groups excluding carboxylic acids is 1. The summed E-state index contributed by atoms with van der Waals surface area (Å²) in [5.41, 5.74) is 0.567. The molecular weight excluding hydrogens is 296 g/mol. The zero-order valence-corrected chi connectivity index (χ0v) is 14.0. The summed E-state index contributed by atoms with van der Waals surface area (Å²) in [5.74, 6) is 1.39. The highest BCUT2D eigenvalue weighted by molar-refractivity contribution is 5.73. The molecule has 2 heterocycles. The molecule has 23 heavy (non-hydrogen) atoms. The molecule has 0 radical (unpaired) electrons. The van der Waals surface area contributed by atoms with E-state index >= 15 is 0 Å². The quantitative estimate of drug-likeness (QED) is 0.750. The third-order valence-electron chi connectivity index (χ3n) is 3.67. The summed E-state index contributed by atoms with van der Waals surface area (Å²) in [7, 11) is 1.85. The lowest BCUT2D eigenvalue weighted by Crippen LogP contribution is -2.44. The molecule has 2 rings (SSSR count). The van der Waals surface area contributed by atoms with Crippen LogP contribution in [-0.2, 0) is 19.1 Å². The van der Waals surface area contributed by atoms with Crippen molar-refractivity contribution in [3.63, 3.8) is 0 Å². The monoisotopic (exact) mass is 320 g/mol. The maximum absolute atomic E-state index is 11.8. The van der Waals surface area contributed by atoms with E-state index in [0.29, 0.717) is 24.3 Å². The second kappa shape index (κ2) is 6.87. The fraction of sp³-hybridized carbons (Fsp3) is 0.500. The van der Waals surface area contributed by atoms with Crippen LogP contribution in [0.2, 0.25) is 0 Å². The predicted molar refractivity (Wildman–Crippen MR) is 86.1 cm³/mol. The van der Waals surface area contributed by atoms with Gasteiger partial charge in [-0.25, -0.2) is 4.79 Å². The van der Waals surface area contributed by atoms with E-state index in [0.717, 1.165) is 11.3 Å². The number of furan rings is 1. The number of aryl methyl sites for hydroxylation is 3. The highest BCUT2D eigenvalue weighted by atomic mass is 16.3. The largest absolute Gasteiger partial charge is 0.466 e. The van der Waals surface area contributed by atoms with Gasteiger partial charge in [-0.1, -0.05) is 0 Å². The van der Waals surface area contributed by atoms with Gasteiger partial charge in [0.25, 0.3) is 0 Å². The second-order valence-electron chi connectivity index (χ2n) is 5.98. The van der Waals surface area contributed by atoms with Crippen molar-refractivity contribution in [2.24, 2.45) is 7.05 Å². The number of urea groups is 1. The summed E-state index contributed by atoms with van der Waals surface area (Å²) in [6, 6.07) is 1.48. The highest BCUT2D eigenvalue weighted by Gasteiger charge is 2.28. The van der Waals surface area contributed by atoms with Gasteiger partial charge < -0.3 is 20.2 Å². The molecule has 0 aliphatic rings. The Morgan fingerprint density at radius 2 is 2.17 bits per heavy atom. The minimum Gasteiger partial charge on any atom is -0.466 e. The molecule has 0 aliphatic carbocycles. The Bertz CT molecular complexity index is 673. The summed E-state index contributed by atoms with van der Waals surface area (Å²) in [5, 5.41) is 20.0. The van der Waals surface area contributed by atoms with Crippen molar-refractivity contribution < 1.29 is 14.3 Å². The van der Waals surface area contributed by atoms with Gasteiger partial charge in [-0.05, 0) is 38.8 Å². The topological polar surface area (TPSA) is 92.3 Å². The molecule has 1 unspecified atom stereocenters. The lowest BCUT2D eigenvalue weighted by atomic mass is 9.96. The molecule has 3 N–H and O–H groups in total. The van der Waals surface area contributed by atoms with Crippen molar-refractivity contribution in [3.05, 3.63) is 41.1 Å². The van der Waals surface area contributed by atoms with Crippen LogP contribution in [-0.4, -0.2) is 34.0 Å². The fourth-order valence-corrected chi connectivity index (χ4v) is 2.50. The van der Waals surface area contributed by atoms with Crippen LogP contribution in [0.25, 0.3) is 0 Å². The highest BCUT2D eigenvalue weighted by Crippen LogP contribution is 2.26. The van der Waals surface area contributed by atoms with Gasteiger partial charge in [-0.2, -0.15) is 5.10 Å². The van der Waals surface area contributed by atoms with E-state index in [1.54, 1.807) is 30.8 Å². The number of amides is 2. The zero-order valence-electron chi connectivity index (χ0n) is 14.0. The molecule has 1 atom stereocenters. The summed E-state index contributed by atoms with van der Waals surface area (Å²) in [4.78, 5) is 11.8. The van der Waals surface area contributed by atoms with Crippen molar-refractivity contribution in [2.45, 2.75) is 32.8 Å². The minimum absolute atomic E-state index is 0.103. The molecule has 0 bridgehead atoms. The van der Waals surface area contributed by atoms with Gasteiger partial charge in [0.1, 0.15) is 17.1 Å². The molecule has 0 aliphatic heterocycles. The Kier molecular flexibility index (Phi) is 5.10. The Morgan fingerprint density at radius 1 is 1.43 bits per heavy atom. The Morgan fingerprint density at radius 3 is 2.74 bits per heavy atom. The van der Waals surface area contributed by atoms with Gasteiger partial charge in [0.15, 0.2) is 0 Å². The molecule has 7 nitrogen and oxygen atoms in total. The maximum atomic E-state index is 11.8. The van der Waals surface area contributed by atoms with E-state index in [4.69, 9.17) is 4.42 Å². The van der Waals surface area contributed by atoms with Crippen LogP contribution in [0.3, 0.4) is 0 Å². The lowest BCUT2D eigenvalue weighted by molar-refractivity contribution is 0.0579. The van der Waals surface area contributed by atoms with Crippen LogP contribution < -0.4 is 10.6 Å². The molecule has 0 fully saturated rings. The first-order chi connectivity index (χ1) is 10.8. The number of nitrogens with one attached hydrogen (secondary N) is 2. The number of hydrogen-bond acceptors (Lipinski definition) is 4. The molecule has 2 aromatic heterocycles. The predicted octanol–water partition coefficient (Wildman–Crippen LogP) is 1.38. The van der Waals surface area contributed by atoms with Crippen molar-refractivity contribution in [1.29, 1.82) is 0 Å². The normalized spacial score (nSPS) is 13.6. The van der Waals surface area contributed by atoms with E-state index in [9.17, 15) is 9.90 Å². The Hall–Kier alpha value is -2.28. The van der Waals surface area contributed by atoms with E-state index < -0.39 is 5.60 Å². The molecule has 0 saturated carbocycles. The number of aromatic nitrogens is 2. The van der Waals surface area contributed by atoms with Gasteiger partial charge in [0.05, 0.1) is 12.7 Å². The number of hydrogen-bond donors (Lipinski definition) is 3. The van der Waals surface area contributed by atoms with Crippen LogP contribution in [0.1, 0.15) is 29.6 Å². The number of aliphatic hydroxyl groups is 1. The van der Waals surface area contributed by atoms with Crippen molar-refractivity contribution >= 4 is 6.03 Å². The molecule has 2 amide bonds. The zero-order chi connectivity index (χ0) is 17.0. The van der Waals surface area contributed by atoms with Crippen LogP contribution in [0.4, 0.5) is 4.79 Å².